The molecule has 1 aromatic heterocycles. The van der Waals surface area contributed by atoms with Gasteiger partial charge < -0.3 is 18.6 Å². The summed E-state index contributed by atoms with van der Waals surface area (Å²) in [6, 6.07) is 19.7. The fraction of sp³-hybridized carbons (Fsp3) is 0.120. The van der Waals surface area contributed by atoms with Gasteiger partial charge in [-0.05, 0) is 29.8 Å². The van der Waals surface area contributed by atoms with Crippen LogP contribution in [0, 0.1) is 0 Å². The number of nitrogens with one attached hydrogen (secondary N) is 1. The van der Waals surface area contributed by atoms with Crippen molar-refractivity contribution in [2.75, 3.05) is 16.4 Å². The molecule has 1 N–H and O–H groups in total. The molecule has 39 heavy (non-hydrogen) atoms. The average molecular weight is 561 g/mol. The van der Waals surface area contributed by atoms with E-state index < -0.39 is 27.0 Å². The molecule has 0 radical (unpaired) electrons. The molecule has 0 aliphatic carbocycles. The lowest BCUT2D eigenvalue weighted by Crippen LogP contribution is -2.22. The molecular weight excluding hydrogens is 541 g/mol. The standard InChI is InChI=1S/C25H19F3N4O6S/c26-25(27,28)38-18-9-6-10-19(13-18)39(33,34)31-21-12-5-4-11-20(21)23-29-30-24(37-23)32(22-15-35-16-36-22)14-17-7-2-1-3-8-17/h1-13,15,31H,14,16H2. The Kier molecular flexibility index (Phi) is 7.02. The summed E-state index contributed by atoms with van der Waals surface area (Å²) in [6.45, 7) is 0.323. The second-order valence-corrected chi connectivity index (χ2v) is 9.70. The van der Waals surface area contributed by atoms with Gasteiger partial charge in [0.25, 0.3) is 15.9 Å². The number of halogens is 3. The van der Waals surface area contributed by atoms with Gasteiger partial charge in [0.05, 0.1) is 22.7 Å². The molecule has 5 rings (SSSR count). The van der Waals surface area contributed by atoms with Crippen LogP contribution in [-0.2, 0) is 26.0 Å². The summed E-state index contributed by atoms with van der Waals surface area (Å²) in [5.74, 6) is -0.356. The summed E-state index contributed by atoms with van der Waals surface area (Å²) in [5.41, 5.74) is 1.21. The van der Waals surface area contributed by atoms with Crippen LogP contribution in [-0.4, -0.2) is 31.8 Å². The van der Waals surface area contributed by atoms with Gasteiger partial charge in [0, 0.05) is 6.07 Å². The van der Waals surface area contributed by atoms with Gasteiger partial charge in [-0.2, -0.15) is 0 Å². The number of benzene rings is 3. The van der Waals surface area contributed by atoms with E-state index >= 15 is 0 Å². The lowest BCUT2D eigenvalue weighted by molar-refractivity contribution is -0.274. The van der Waals surface area contributed by atoms with E-state index in [1.54, 1.807) is 23.1 Å². The van der Waals surface area contributed by atoms with Crippen molar-refractivity contribution in [1.29, 1.82) is 0 Å². The van der Waals surface area contributed by atoms with E-state index in [2.05, 4.69) is 19.7 Å². The van der Waals surface area contributed by atoms with Crippen molar-refractivity contribution in [3.8, 4) is 17.2 Å². The summed E-state index contributed by atoms with van der Waals surface area (Å²) >= 11 is 0. The molecular formula is C25H19F3N4O6S. The van der Waals surface area contributed by atoms with Crippen LogP contribution in [0.3, 0.4) is 0 Å². The topological polar surface area (TPSA) is 116 Å². The van der Waals surface area contributed by atoms with E-state index in [1.165, 1.54) is 12.3 Å². The monoisotopic (exact) mass is 560 g/mol. The van der Waals surface area contributed by atoms with Crippen molar-refractivity contribution < 1.29 is 40.2 Å². The van der Waals surface area contributed by atoms with Gasteiger partial charge in [-0.1, -0.05) is 53.6 Å². The van der Waals surface area contributed by atoms with Crippen molar-refractivity contribution in [2.45, 2.75) is 17.8 Å². The van der Waals surface area contributed by atoms with E-state index in [9.17, 15) is 21.6 Å². The van der Waals surface area contributed by atoms with Gasteiger partial charge in [-0.3, -0.25) is 9.62 Å². The Bertz CT molecular complexity index is 1590. The summed E-state index contributed by atoms with van der Waals surface area (Å²) in [6.07, 6.45) is -3.57. The zero-order valence-corrected chi connectivity index (χ0v) is 20.6. The van der Waals surface area contributed by atoms with Crippen molar-refractivity contribution in [3.63, 3.8) is 0 Å². The van der Waals surface area contributed by atoms with Crippen LogP contribution in [0.25, 0.3) is 11.5 Å². The van der Waals surface area contributed by atoms with Crippen molar-refractivity contribution in [2.24, 2.45) is 0 Å². The highest BCUT2D eigenvalue weighted by Crippen LogP contribution is 2.33. The number of sulfonamides is 1. The van der Waals surface area contributed by atoms with Crippen molar-refractivity contribution in [3.05, 3.63) is 96.6 Å². The van der Waals surface area contributed by atoms with E-state index in [0.717, 1.165) is 29.8 Å². The second-order valence-electron chi connectivity index (χ2n) is 8.02. The molecule has 14 heteroatoms. The van der Waals surface area contributed by atoms with Gasteiger partial charge in [0.1, 0.15) is 12.0 Å². The van der Waals surface area contributed by atoms with Crippen LogP contribution >= 0.6 is 0 Å². The van der Waals surface area contributed by atoms with E-state index in [-0.39, 0.29) is 29.9 Å². The number of para-hydroxylation sites is 1. The quantitative estimate of drug-likeness (QED) is 0.293. The minimum atomic E-state index is -4.97. The lowest BCUT2D eigenvalue weighted by atomic mass is 10.2. The predicted molar refractivity (Wildman–Crippen MR) is 131 cm³/mol. The summed E-state index contributed by atoms with van der Waals surface area (Å²) in [5, 5.41) is 8.18. The molecule has 0 unspecified atom stereocenters. The highest BCUT2D eigenvalue weighted by atomic mass is 32.2. The molecule has 1 aliphatic heterocycles. The Morgan fingerprint density at radius 3 is 2.49 bits per heavy atom. The Hall–Kier alpha value is -4.72. The van der Waals surface area contributed by atoms with Gasteiger partial charge in [-0.15, -0.1) is 18.3 Å². The van der Waals surface area contributed by atoms with Gasteiger partial charge >= 0.3 is 12.4 Å². The molecule has 10 nitrogen and oxygen atoms in total. The molecule has 0 saturated heterocycles. The molecule has 2 heterocycles. The van der Waals surface area contributed by atoms with E-state index in [0.29, 0.717) is 12.4 Å². The third-order valence-electron chi connectivity index (χ3n) is 5.30. The largest absolute Gasteiger partial charge is 0.573 e. The maximum absolute atomic E-state index is 13.0. The molecule has 0 fully saturated rings. The van der Waals surface area contributed by atoms with Crippen LogP contribution in [0.2, 0.25) is 0 Å². The second kappa shape index (κ2) is 10.6. The third-order valence-corrected chi connectivity index (χ3v) is 6.67. The zero-order valence-electron chi connectivity index (χ0n) is 19.8. The smallest absolute Gasteiger partial charge is 0.459 e. The average Bonchev–Trinajstić information content (AvgIpc) is 3.60. The maximum Gasteiger partial charge on any atom is 0.573 e. The summed E-state index contributed by atoms with van der Waals surface area (Å²) in [4.78, 5) is 1.15. The molecule has 0 spiro atoms. The molecule has 0 saturated carbocycles. The van der Waals surface area contributed by atoms with Crippen molar-refractivity contribution in [1.82, 2.24) is 10.2 Å². The first-order valence-corrected chi connectivity index (χ1v) is 12.7. The van der Waals surface area contributed by atoms with Crippen molar-refractivity contribution >= 4 is 21.7 Å². The number of aromatic nitrogens is 2. The molecule has 0 atom stereocenters. The fourth-order valence-electron chi connectivity index (χ4n) is 3.62. The third kappa shape index (κ3) is 6.23. The van der Waals surface area contributed by atoms with Gasteiger partial charge in [0.15, 0.2) is 0 Å². The number of rotatable bonds is 9. The molecule has 202 valence electrons. The van der Waals surface area contributed by atoms with Gasteiger partial charge in [0.2, 0.25) is 12.7 Å². The lowest BCUT2D eigenvalue weighted by Gasteiger charge is -2.19. The summed E-state index contributed by atoms with van der Waals surface area (Å²) < 4.78 is 86.7. The number of anilines is 2. The van der Waals surface area contributed by atoms with Crippen LogP contribution in [0.5, 0.6) is 5.75 Å². The Labute approximate surface area is 220 Å². The summed E-state index contributed by atoms with van der Waals surface area (Å²) in [7, 11) is -4.33. The number of alkyl halides is 3. The Balaban J connectivity index is 1.43. The first kappa shape index (κ1) is 25.9. The van der Waals surface area contributed by atoms with Gasteiger partial charge in [-0.25, -0.2) is 8.42 Å². The zero-order chi connectivity index (χ0) is 27.5. The SMILES string of the molecule is O=S(=O)(Nc1ccccc1-c1nnc(N(Cc2ccccc2)C2=COCO2)o1)c1cccc(OC(F)(F)F)c1. The first-order valence-electron chi connectivity index (χ1n) is 11.3. The number of hydrogen-bond donors (Lipinski definition) is 1. The minimum Gasteiger partial charge on any atom is -0.459 e. The molecule has 0 amide bonds. The molecule has 3 aromatic carbocycles. The van der Waals surface area contributed by atoms with Crippen LogP contribution in [0.4, 0.5) is 24.9 Å². The van der Waals surface area contributed by atoms with Crippen LogP contribution in [0.1, 0.15) is 5.56 Å². The number of hydrogen-bond acceptors (Lipinski definition) is 9. The maximum atomic E-state index is 13.0. The Morgan fingerprint density at radius 1 is 0.974 bits per heavy atom. The fourth-order valence-corrected chi connectivity index (χ4v) is 4.73. The van der Waals surface area contributed by atoms with E-state index in [1.807, 2.05) is 30.3 Å². The molecule has 1 aliphatic rings. The molecule has 4 aromatic rings. The first-order chi connectivity index (χ1) is 18.7. The van der Waals surface area contributed by atoms with E-state index in [4.69, 9.17) is 13.9 Å². The predicted octanol–water partition coefficient (Wildman–Crippen LogP) is 5.25. The molecule has 0 bridgehead atoms. The number of ether oxygens (including phenoxy) is 3. The minimum absolute atomic E-state index is 0.0153. The highest BCUT2D eigenvalue weighted by Gasteiger charge is 2.32. The number of nitrogens with zero attached hydrogens (tertiary/aromatic N) is 3. The highest BCUT2D eigenvalue weighted by molar-refractivity contribution is 7.92. The normalized spacial score (nSPS) is 13.3. The van der Waals surface area contributed by atoms with Crippen LogP contribution < -0.4 is 14.4 Å². The Morgan fingerprint density at radius 2 is 1.74 bits per heavy atom. The van der Waals surface area contributed by atoms with Crippen LogP contribution in [0.15, 0.2) is 100 Å².